The average Bonchev–Trinajstić information content (AvgIpc) is 3.27. The van der Waals surface area contributed by atoms with Crippen LogP contribution < -0.4 is 10.5 Å². The Kier molecular flexibility index (Phi) is 5.34. The predicted octanol–water partition coefficient (Wildman–Crippen LogP) is 3.73. The molecule has 36 heavy (non-hydrogen) atoms. The SMILES string of the molecule is Cc1nc2c(-c3ccc(Cl)cc3F)nc(N3C[C@H](c4cnn(C)c4)OC4(CCC4)C3)nc2c(=O)n1C. The highest BCUT2D eigenvalue weighted by Gasteiger charge is 2.46. The van der Waals surface area contributed by atoms with E-state index in [9.17, 15) is 4.79 Å². The highest BCUT2D eigenvalue weighted by atomic mass is 35.5. The van der Waals surface area contributed by atoms with E-state index in [1.165, 1.54) is 10.6 Å². The lowest BCUT2D eigenvalue weighted by atomic mass is 9.78. The Hall–Kier alpha value is -3.37. The van der Waals surface area contributed by atoms with E-state index in [-0.39, 0.29) is 44.6 Å². The molecule has 2 aliphatic rings. The van der Waals surface area contributed by atoms with Crippen LogP contribution in [0.2, 0.25) is 5.02 Å². The van der Waals surface area contributed by atoms with Crippen LogP contribution in [-0.2, 0) is 18.8 Å². The Balaban J connectivity index is 1.53. The second kappa shape index (κ2) is 8.35. The van der Waals surface area contributed by atoms with Gasteiger partial charge in [-0.2, -0.15) is 5.10 Å². The zero-order valence-electron chi connectivity index (χ0n) is 20.2. The second-order valence-corrected chi connectivity index (χ2v) is 10.1. The third-order valence-electron chi connectivity index (χ3n) is 7.23. The third-order valence-corrected chi connectivity index (χ3v) is 7.46. The van der Waals surface area contributed by atoms with Gasteiger partial charge in [0.2, 0.25) is 5.95 Å². The van der Waals surface area contributed by atoms with E-state index in [1.807, 2.05) is 18.1 Å². The van der Waals surface area contributed by atoms with Crippen molar-refractivity contribution in [2.75, 3.05) is 18.0 Å². The number of hydrogen-bond acceptors (Lipinski definition) is 7. The lowest BCUT2D eigenvalue weighted by Gasteiger charge is -2.51. The smallest absolute Gasteiger partial charge is 0.279 e. The number of aromatic nitrogens is 6. The number of nitrogens with zero attached hydrogens (tertiary/aromatic N) is 7. The maximum Gasteiger partial charge on any atom is 0.279 e. The molecule has 1 saturated heterocycles. The number of fused-ring (bicyclic) bond motifs is 1. The molecule has 2 fully saturated rings. The molecule has 0 radical (unpaired) electrons. The molecule has 4 aromatic rings. The third kappa shape index (κ3) is 3.75. The molecule has 0 amide bonds. The molecule has 6 rings (SSSR count). The van der Waals surface area contributed by atoms with E-state index in [4.69, 9.17) is 21.3 Å². The molecule has 0 N–H and O–H groups in total. The summed E-state index contributed by atoms with van der Waals surface area (Å²) in [5, 5.41) is 4.58. The van der Waals surface area contributed by atoms with Gasteiger partial charge in [0.05, 0.1) is 24.9 Å². The molecular formula is C25H25ClFN7O2. The first kappa shape index (κ1) is 23.1. The molecular weight excluding hydrogens is 485 g/mol. The summed E-state index contributed by atoms with van der Waals surface area (Å²) in [4.78, 5) is 29.3. The molecule has 3 aromatic heterocycles. The van der Waals surface area contributed by atoms with E-state index < -0.39 is 5.82 Å². The minimum Gasteiger partial charge on any atom is -0.363 e. The van der Waals surface area contributed by atoms with Gasteiger partial charge in [0.1, 0.15) is 29.0 Å². The Morgan fingerprint density at radius 1 is 1.17 bits per heavy atom. The number of anilines is 1. The van der Waals surface area contributed by atoms with Crippen molar-refractivity contribution in [3.8, 4) is 11.3 Å². The van der Waals surface area contributed by atoms with E-state index in [1.54, 1.807) is 37.0 Å². The van der Waals surface area contributed by atoms with Crippen molar-refractivity contribution in [1.82, 2.24) is 29.3 Å². The molecule has 9 nitrogen and oxygen atoms in total. The highest BCUT2D eigenvalue weighted by molar-refractivity contribution is 6.30. The number of benzene rings is 1. The Morgan fingerprint density at radius 3 is 2.64 bits per heavy atom. The molecule has 0 bridgehead atoms. The second-order valence-electron chi connectivity index (χ2n) is 9.69. The van der Waals surface area contributed by atoms with Crippen LogP contribution in [0, 0.1) is 12.7 Å². The van der Waals surface area contributed by atoms with E-state index >= 15 is 4.39 Å². The molecule has 1 saturated carbocycles. The summed E-state index contributed by atoms with van der Waals surface area (Å²) in [6.07, 6.45) is 6.44. The molecule has 1 aromatic carbocycles. The van der Waals surface area contributed by atoms with Crippen LogP contribution in [0.4, 0.5) is 10.3 Å². The quantitative estimate of drug-likeness (QED) is 0.415. The summed E-state index contributed by atoms with van der Waals surface area (Å²) < 4.78 is 24.8. The maximum absolute atomic E-state index is 15.1. The first-order valence-electron chi connectivity index (χ1n) is 11.9. The fourth-order valence-electron chi connectivity index (χ4n) is 5.02. The van der Waals surface area contributed by atoms with Crippen molar-refractivity contribution in [3.63, 3.8) is 0 Å². The van der Waals surface area contributed by atoms with Crippen LogP contribution in [0.1, 0.15) is 36.8 Å². The van der Waals surface area contributed by atoms with E-state index in [0.29, 0.717) is 24.9 Å². The van der Waals surface area contributed by atoms with E-state index in [0.717, 1.165) is 24.8 Å². The van der Waals surface area contributed by atoms with Crippen LogP contribution in [0.15, 0.2) is 35.4 Å². The summed E-state index contributed by atoms with van der Waals surface area (Å²) in [6.45, 7) is 2.77. The molecule has 1 aliphatic carbocycles. The van der Waals surface area contributed by atoms with Gasteiger partial charge in [-0.3, -0.25) is 14.0 Å². The maximum atomic E-state index is 15.1. The first-order chi connectivity index (χ1) is 17.2. The molecule has 1 spiro atoms. The lowest BCUT2D eigenvalue weighted by molar-refractivity contribution is -0.151. The van der Waals surface area contributed by atoms with Gasteiger partial charge in [-0.15, -0.1) is 0 Å². The monoisotopic (exact) mass is 509 g/mol. The number of rotatable bonds is 3. The highest BCUT2D eigenvalue weighted by Crippen LogP contribution is 2.44. The van der Waals surface area contributed by atoms with Crippen molar-refractivity contribution in [3.05, 3.63) is 63.2 Å². The number of hydrogen-bond donors (Lipinski definition) is 0. The topological polar surface area (TPSA) is 91.0 Å². The van der Waals surface area contributed by atoms with Gasteiger partial charge in [0, 0.05) is 36.4 Å². The van der Waals surface area contributed by atoms with Crippen molar-refractivity contribution < 1.29 is 9.13 Å². The Labute approximate surface area is 211 Å². The van der Waals surface area contributed by atoms with Crippen molar-refractivity contribution in [2.45, 2.75) is 37.9 Å². The zero-order valence-corrected chi connectivity index (χ0v) is 21.0. The van der Waals surface area contributed by atoms with Crippen LogP contribution in [0.3, 0.4) is 0 Å². The largest absolute Gasteiger partial charge is 0.363 e. The minimum atomic E-state index is -0.542. The standard InChI is InChI=1S/C25H25ClFN7O2/c1-14-29-21-20(17-6-5-16(26)9-18(17)27)30-24(31-22(21)23(35)33(14)3)34-12-19(15-10-28-32(2)11-15)36-25(13-34)7-4-8-25/h5-6,9-11,19H,4,7-8,12-13H2,1-3H3/t19-/m1/s1. The summed E-state index contributed by atoms with van der Waals surface area (Å²) in [5.41, 5.74) is 1.21. The van der Waals surface area contributed by atoms with Gasteiger partial charge < -0.3 is 9.64 Å². The number of halogens is 2. The molecule has 11 heteroatoms. The lowest BCUT2D eigenvalue weighted by Crippen LogP contribution is -2.57. The van der Waals surface area contributed by atoms with Crippen molar-refractivity contribution in [1.29, 1.82) is 0 Å². The molecule has 186 valence electrons. The molecule has 0 unspecified atom stereocenters. The molecule has 1 aliphatic heterocycles. The first-order valence-corrected chi connectivity index (χ1v) is 12.2. The summed E-state index contributed by atoms with van der Waals surface area (Å²) in [6, 6.07) is 4.38. The van der Waals surface area contributed by atoms with Gasteiger partial charge in [-0.25, -0.2) is 19.3 Å². The Bertz CT molecular complexity index is 1560. The summed E-state index contributed by atoms with van der Waals surface area (Å²) in [7, 11) is 3.51. The van der Waals surface area contributed by atoms with Crippen LogP contribution >= 0.6 is 11.6 Å². The summed E-state index contributed by atoms with van der Waals surface area (Å²) in [5.74, 6) is 0.285. The van der Waals surface area contributed by atoms with Gasteiger partial charge in [0.15, 0.2) is 5.52 Å². The average molecular weight is 510 g/mol. The Morgan fingerprint density at radius 2 is 1.97 bits per heavy atom. The van der Waals surface area contributed by atoms with Gasteiger partial charge in [0.25, 0.3) is 5.56 Å². The van der Waals surface area contributed by atoms with Gasteiger partial charge in [-0.05, 0) is 44.4 Å². The van der Waals surface area contributed by atoms with Crippen molar-refractivity contribution in [2.24, 2.45) is 14.1 Å². The van der Waals surface area contributed by atoms with Crippen LogP contribution in [-0.4, -0.2) is 48.0 Å². The zero-order chi connectivity index (χ0) is 25.2. The van der Waals surface area contributed by atoms with Gasteiger partial charge in [-0.1, -0.05) is 11.6 Å². The molecule has 1 atom stereocenters. The van der Waals surface area contributed by atoms with E-state index in [2.05, 4.69) is 15.1 Å². The summed E-state index contributed by atoms with van der Waals surface area (Å²) >= 11 is 6.01. The minimum absolute atomic E-state index is 0.143. The fourth-order valence-corrected chi connectivity index (χ4v) is 5.18. The van der Waals surface area contributed by atoms with Crippen molar-refractivity contribution >= 4 is 28.6 Å². The number of ether oxygens (including phenoxy) is 1. The number of aryl methyl sites for hydroxylation is 2. The normalized spacial score (nSPS) is 19.1. The van der Waals surface area contributed by atoms with Crippen LogP contribution in [0.5, 0.6) is 0 Å². The number of morpholine rings is 1. The van der Waals surface area contributed by atoms with Gasteiger partial charge >= 0.3 is 0 Å². The predicted molar refractivity (Wildman–Crippen MR) is 134 cm³/mol. The van der Waals surface area contributed by atoms with Crippen LogP contribution in [0.25, 0.3) is 22.3 Å². The molecule has 4 heterocycles. The fraction of sp³-hybridized carbons (Fsp3) is 0.400.